The Morgan fingerprint density at radius 2 is 1.41 bits per heavy atom. The van der Waals surface area contributed by atoms with Gasteiger partial charge in [-0.25, -0.2) is 4.79 Å². The third-order valence-electron chi connectivity index (χ3n) is 6.33. The second-order valence-corrected chi connectivity index (χ2v) is 14.9. The van der Waals surface area contributed by atoms with Gasteiger partial charge in [-0.3, -0.25) is 4.79 Å². The minimum atomic E-state index is -2.00. The smallest absolute Gasteiger partial charge is 0.352 e. The first-order valence-electron chi connectivity index (χ1n) is 11.6. The molecular formula is C28H38O5Si. The molecule has 0 radical (unpaired) electrons. The molecule has 0 bridgehead atoms. The van der Waals surface area contributed by atoms with Crippen LogP contribution in [-0.4, -0.2) is 26.4 Å². The molecule has 0 N–H and O–H groups in total. The summed E-state index contributed by atoms with van der Waals surface area (Å²) in [5.41, 5.74) is 2.24. The number of hydrogen-bond acceptors (Lipinski definition) is 5. The fourth-order valence-electron chi connectivity index (χ4n) is 3.25. The molecule has 0 spiro atoms. The molecule has 5 nitrogen and oxygen atoms in total. The number of carbonyl (C=O) groups excluding carboxylic acids is 2. The Morgan fingerprint density at radius 3 is 1.88 bits per heavy atom. The summed E-state index contributed by atoms with van der Waals surface area (Å²) in [6, 6.07) is 18.4. The lowest BCUT2D eigenvalue weighted by molar-refractivity contribution is -0.171. The fraction of sp³-hybridized carbons (Fsp3) is 0.429. The molecule has 0 aromatic heterocycles. The minimum Gasteiger partial charge on any atom is -0.454 e. The summed E-state index contributed by atoms with van der Waals surface area (Å²) in [7, 11) is -2.00. The van der Waals surface area contributed by atoms with Crippen LogP contribution in [0.4, 0.5) is 0 Å². The van der Waals surface area contributed by atoms with E-state index < -0.39 is 32.5 Å². The molecule has 0 saturated heterocycles. The number of ether oxygens (including phenoxy) is 2. The average Bonchev–Trinajstić information content (AvgIpc) is 2.76. The van der Waals surface area contributed by atoms with Gasteiger partial charge in [-0.05, 0) is 36.2 Å². The van der Waals surface area contributed by atoms with Crippen LogP contribution >= 0.6 is 0 Å². The molecule has 34 heavy (non-hydrogen) atoms. The van der Waals surface area contributed by atoms with E-state index in [0.29, 0.717) is 12.0 Å². The summed E-state index contributed by atoms with van der Waals surface area (Å²) in [5.74, 6) is -1.18. The normalized spacial score (nSPS) is 14.6. The SMILES string of the molecule is C=C(C[C@@H](OC(=O)[C@H](OC(C)=O)c1ccccc1)c1ccccc1)[C@@H](C)O[Si](C)(C)C(C)(C)C. The first kappa shape index (κ1) is 27.5. The topological polar surface area (TPSA) is 61.8 Å². The number of esters is 2. The average molecular weight is 483 g/mol. The van der Waals surface area contributed by atoms with Crippen LogP contribution in [0, 0.1) is 0 Å². The van der Waals surface area contributed by atoms with Crippen LogP contribution in [0.25, 0.3) is 0 Å². The molecule has 3 atom stereocenters. The summed E-state index contributed by atoms with van der Waals surface area (Å²) < 4.78 is 17.8. The first-order valence-corrected chi connectivity index (χ1v) is 14.6. The highest BCUT2D eigenvalue weighted by molar-refractivity contribution is 6.74. The van der Waals surface area contributed by atoms with Crippen LogP contribution in [0.5, 0.6) is 0 Å². The van der Waals surface area contributed by atoms with Gasteiger partial charge in [0.1, 0.15) is 6.10 Å². The lowest BCUT2D eigenvalue weighted by Gasteiger charge is -2.39. The lowest BCUT2D eigenvalue weighted by Crippen LogP contribution is -2.43. The standard InChI is InChI=1S/C28H38O5Si/c1-20(21(2)33-34(7,8)28(4,5)6)19-25(23-15-11-9-12-16-23)32-27(30)26(31-22(3)29)24-17-13-10-14-18-24/h9-18,21,25-26H,1,19H2,2-8H3/t21-,25-,26-/m1/s1. The van der Waals surface area contributed by atoms with Crippen molar-refractivity contribution >= 4 is 20.3 Å². The predicted molar refractivity (Wildman–Crippen MR) is 138 cm³/mol. The number of hydrogen-bond donors (Lipinski definition) is 0. The van der Waals surface area contributed by atoms with Crippen molar-refractivity contribution in [3.8, 4) is 0 Å². The molecule has 0 aliphatic rings. The van der Waals surface area contributed by atoms with Gasteiger partial charge in [0, 0.05) is 18.9 Å². The summed E-state index contributed by atoms with van der Waals surface area (Å²) >= 11 is 0. The van der Waals surface area contributed by atoms with E-state index >= 15 is 0 Å². The summed E-state index contributed by atoms with van der Waals surface area (Å²) in [6.07, 6.45) is -1.52. The van der Waals surface area contributed by atoms with Gasteiger partial charge in [-0.2, -0.15) is 0 Å². The van der Waals surface area contributed by atoms with E-state index in [1.165, 1.54) is 6.92 Å². The molecule has 0 saturated carbocycles. The third-order valence-corrected chi connectivity index (χ3v) is 10.9. The minimum absolute atomic E-state index is 0.0692. The molecule has 2 aromatic carbocycles. The van der Waals surface area contributed by atoms with Gasteiger partial charge in [-0.1, -0.05) is 88.0 Å². The van der Waals surface area contributed by atoms with E-state index in [2.05, 4.69) is 40.4 Å². The first-order chi connectivity index (χ1) is 15.8. The van der Waals surface area contributed by atoms with Crippen molar-refractivity contribution in [1.82, 2.24) is 0 Å². The van der Waals surface area contributed by atoms with Crippen LogP contribution in [0.15, 0.2) is 72.8 Å². The van der Waals surface area contributed by atoms with Crippen LogP contribution in [0.2, 0.25) is 18.1 Å². The van der Waals surface area contributed by atoms with Crippen molar-refractivity contribution in [2.24, 2.45) is 0 Å². The summed E-state index contributed by atoms with van der Waals surface area (Å²) in [4.78, 5) is 24.9. The Hall–Kier alpha value is -2.70. The van der Waals surface area contributed by atoms with Crippen molar-refractivity contribution in [3.63, 3.8) is 0 Å². The number of benzene rings is 2. The maximum Gasteiger partial charge on any atom is 0.352 e. The van der Waals surface area contributed by atoms with Crippen LogP contribution in [-0.2, 0) is 23.5 Å². The van der Waals surface area contributed by atoms with Crippen molar-refractivity contribution < 1.29 is 23.5 Å². The Kier molecular flexibility index (Phi) is 9.42. The Balaban J connectivity index is 2.25. The van der Waals surface area contributed by atoms with Gasteiger partial charge < -0.3 is 13.9 Å². The van der Waals surface area contributed by atoms with Crippen molar-refractivity contribution in [1.29, 1.82) is 0 Å². The molecular weight excluding hydrogens is 444 g/mol. The van der Waals surface area contributed by atoms with E-state index in [9.17, 15) is 9.59 Å². The Bertz CT molecular complexity index is 963. The highest BCUT2D eigenvalue weighted by Gasteiger charge is 2.39. The van der Waals surface area contributed by atoms with E-state index in [1.54, 1.807) is 24.3 Å². The maximum absolute atomic E-state index is 13.2. The summed E-state index contributed by atoms with van der Waals surface area (Å²) in [6.45, 7) is 18.5. The molecule has 2 rings (SSSR count). The highest BCUT2D eigenvalue weighted by Crippen LogP contribution is 2.39. The number of rotatable bonds is 10. The zero-order valence-electron chi connectivity index (χ0n) is 21.5. The summed E-state index contributed by atoms with van der Waals surface area (Å²) in [5, 5.41) is 0.0692. The van der Waals surface area contributed by atoms with Gasteiger partial charge in [0.25, 0.3) is 0 Å². The van der Waals surface area contributed by atoms with Gasteiger partial charge in [0.15, 0.2) is 8.32 Å². The Labute approximate surface area is 205 Å². The zero-order valence-corrected chi connectivity index (χ0v) is 22.5. The molecule has 6 heteroatoms. The van der Waals surface area contributed by atoms with Gasteiger partial charge >= 0.3 is 11.9 Å². The largest absolute Gasteiger partial charge is 0.454 e. The molecule has 0 amide bonds. The van der Waals surface area contributed by atoms with Crippen molar-refractivity contribution in [2.45, 2.75) is 77.5 Å². The van der Waals surface area contributed by atoms with Crippen molar-refractivity contribution in [3.05, 3.63) is 83.9 Å². The lowest BCUT2D eigenvalue weighted by atomic mass is 9.99. The van der Waals surface area contributed by atoms with E-state index in [1.807, 2.05) is 43.3 Å². The second-order valence-electron chi connectivity index (χ2n) is 10.1. The van der Waals surface area contributed by atoms with E-state index in [0.717, 1.165) is 11.1 Å². The van der Waals surface area contributed by atoms with Crippen molar-refractivity contribution in [2.75, 3.05) is 0 Å². The number of carbonyl (C=O) groups is 2. The zero-order chi connectivity index (χ0) is 25.5. The molecule has 0 heterocycles. The van der Waals surface area contributed by atoms with Crippen LogP contribution < -0.4 is 0 Å². The Morgan fingerprint density at radius 1 is 0.912 bits per heavy atom. The molecule has 2 aromatic rings. The van der Waals surface area contributed by atoms with Crippen LogP contribution in [0.3, 0.4) is 0 Å². The van der Waals surface area contributed by atoms with Gasteiger partial charge in [0.2, 0.25) is 6.10 Å². The maximum atomic E-state index is 13.2. The van der Waals surface area contributed by atoms with E-state index in [-0.39, 0.29) is 11.1 Å². The molecule has 184 valence electrons. The molecule has 0 unspecified atom stereocenters. The third kappa shape index (κ3) is 7.67. The molecule has 0 aliphatic carbocycles. The monoisotopic (exact) mass is 482 g/mol. The molecule has 0 fully saturated rings. The van der Waals surface area contributed by atoms with E-state index in [4.69, 9.17) is 13.9 Å². The second kappa shape index (κ2) is 11.6. The van der Waals surface area contributed by atoms with Crippen LogP contribution in [0.1, 0.15) is 64.4 Å². The fourth-order valence-corrected chi connectivity index (χ4v) is 4.65. The molecule has 0 aliphatic heterocycles. The van der Waals surface area contributed by atoms with Gasteiger partial charge in [-0.15, -0.1) is 0 Å². The van der Waals surface area contributed by atoms with Gasteiger partial charge in [0.05, 0.1) is 6.10 Å². The quantitative estimate of drug-likeness (QED) is 0.209. The predicted octanol–water partition coefficient (Wildman–Crippen LogP) is 6.93. The highest BCUT2D eigenvalue weighted by atomic mass is 28.4.